The zero-order chi connectivity index (χ0) is 11.4. The van der Waals surface area contributed by atoms with E-state index >= 15 is 0 Å². The van der Waals surface area contributed by atoms with Gasteiger partial charge in [-0.2, -0.15) is 0 Å². The maximum absolute atomic E-state index is 5.82. The standard InChI is InChI=1S/C14H15NO/c1-11-5-3-4-6-13(9-11)16-14-7-8-15-12(2)10-14/h3-5,7-10H,6H2,1-2H3. The maximum atomic E-state index is 5.82. The predicted molar refractivity (Wildman–Crippen MR) is 65.2 cm³/mol. The highest BCUT2D eigenvalue weighted by Crippen LogP contribution is 2.19. The highest BCUT2D eigenvalue weighted by atomic mass is 16.5. The minimum atomic E-state index is 0.829. The van der Waals surface area contributed by atoms with Crippen LogP contribution in [0, 0.1) is 6.92 Å². The molecule has 0 saturated heterocycles. The molecule has 1 aliphatic carbocycles. The molecule has 0 saturated carbocycles. The summed E-state index contributed by atoms with van der Waals surface area (Å²) in [7, 11) is 0. The van der Waals surface area contributed by atoms with E-state index in [0.29, 0.717) is 0 Å². The van der Waals surface area contributed by atoms with Gasteiger partial charge >= 0.3 is 0 Å². The second-order valence-electron chi connectivity index (χ2n) is 3.89. The lowest BCUT2D eigenvalue weighted by Gasteiger charge is -2.08. The Kier molecular flexibility index (Phi) is 3.20. The molecule has 16 heavy (non-hydrogen) atoms. The Bertz CT molecular complexity index is 469. The Hall–Kier alpha value is -1.83. The predicted octanol–water partition coefficient (Wildman–Crippen LogP) is 3.56. The Morgan fingerprint density at radius 1 is 1.31 bits per heavy atom. The summed E-state index contributed by atoms with van der Waals surface area (Å²) >= 11 is 0. The van der Waals surface area contributed by atoms with Crippen LogP contribution < -0.4 is 4.74 Å². The molecule has 1 aliphatic rings. The van der Waals surface area contributed by atoms with Crippen LogP contribution in [0.1, 0.15) is 19.0 Å². The lowest BCUT2D eigenvalue weighted by molar-refractivity contribution is 0.414. The first-order chi connectivity index (χ1) is 7.74. The molecule has 2 rings (SSSR count). The van der Waals surface area contributed by atoms with Crippen molar-refractivity contribution < 1.29 is 4.74 Å². The molecule has 1 aromatic rings. The first-order valence-corrected chi connectivity index (χ1v) is 5.38. The highest BCUT2D eigenvalue weighted by Gasteiger charge is 2.02. The Morgan fingerprint density at radius 3 is 3.00 bits per heavy atom. The quantitative estimate of drug-likeness (QED) is 0.749. The zero-order valence-corrected chi connectivity index (χ0v) is 9.60. The van der Waals surface area contributed by atoms with Gasteiger partial charge in [0.1, 0.15) is 11.5 Å². The molecular weight excluding hydrogens is 198 g/mol. The summed E-state index contributed by atoms with van der Waals surface area (Å²) in [4.78, 5) is 4.14. The molecule has 82 valence electrons. The van der Waals surface area contributed by atoms with E-state index in [2.05, 4.69) is 36.2 Å². The normalized spacial score (nSPS) is 15.1. The van der Waals surface area contributed by atoms with Crippen LogP contribution in [0.4, 0.5) is 0 Å². The van der Waals surface area contributed by atoms with E-state index < -0.39 is 0 Å². The third kappa shape index (κ3) is 2.83. The Balaban J connectivity index is 2.16. The van der Waals surface area contributed by atoms with E-state index in [-0.39, 0.29) is 0 Å². The van der Waals surface area contributed by atoms with Gasteiger partial charge in [-0.1, -0.05) is 18.2 Å². The highest BCUT2D eigenvalue weighted by molar-refractivity contribution is 5.31. The molecule has 1 aromatic heterocycles. The molecule has 2 heteroatoms. The lowest BCUT2D eigenvalue weighted by Crippen LogP contribution is -1.95. The number of hydrogen-bond donors (Lipinski definition) is 0. The number of aryl methyl sites for hydroxylation is 1. The second kappa shape index (κ2) is 4.79. The van der Waals surface area contributed by atoms with E-state index in [1.165, 1.54) is 5.57 Å². The summed E-state index contributed by atoms with van der Waals surface area (Å²) < 4.78 is 5.82. The van der Waals surface area contributed by atoms with Crippen molar-refractivity contribution >= 4 is 0 Å². The summed E-state index contributed by atoms with van der Waals surface area (Å²) in [5.74, 6) is 1.81. The average Bonchev–Trinajstić information content (AvgIpc) is 2.43. The van der Waals surface area contributed by atoms with Gasteiger partial charge < -0.3 is 4.74 Å². The van der Waals surface area contributed by atoms with Crippen molar-refractivity contribution in [2.45, 2.75) is 20.3 Å². The summed E-state index contributed by atoms with van der Waals surface area (Å²) in [6.07, 6.45) is 10.9. The minimum Gasteiger partial charge on any atom is -0.461 e. The number of hydrogen-bond acceptors (Lipinski definition) is 2. The van der Waals surface area contributed by atoms with Gasteiger partial charge in [0.15, 0.2) is 0 Å². The van der Waals surface area contributed by atoms with E-state index in [4.69, 9.17) is 4.74 Å². The monoisotopic (exact) mass is 213 g/mol. The van der Waals surface area contributed by atoms with Crippen LogP contribution >= 0.6 is 0 Å². The fourth-order valence-corrected chi connectivity index (χ4v) is 1.57. The van der Waals surface area contributed by atoms with Crippen LogP contribution in [0.25, 0.3) is 0 Å². The van der Waals surface area contributed by atoms with E-state index in [1.54, 1.807) is 6.20 Å². The van der Waals surface area contributed by atoms with Crippen LogP contribution in [-0.4, -0.2) is 4.98 Å². The molecule has 1 heterocycles. The molecule has 0 atom stereocenters. The summed E-state index contributed by atoms with van der Waals surface area (Å²) in [6.45, 7) is 4.02. The fraction of sp³-hybridized carbons (Fsp3) is 0.214. The summed E-state index contributed by atoms with van der Waals surface area (Å²) in [5, 5.41) is 0. The van der Waals surface area contributed by atoms with E-state index in [9.17, 15) is 0 Å². The van der Waals surface area contributed by atoms with Gasteiger partial charge in [0.2, 0.25) is 0 Å². The molecule has 0 amide bonds. The van der Waals surface area contributed by atoms with Gasteiger partial charge in [-0.3, -0.25) is 4.98 Å². The third-order valence-corrected chi connectivity index (χ3v) is 2.32. The van der Waals surface area contributed by atoms with Crippen LogP contribution in [-0.2, 0) is 0 Å². The molecule has 0 aromatic carbocycles. The summed E-state index contributed by atoms with van der Waals surface area (Å²) in [5.41, 5.74) is 2.17. The Labute approximate surface area is 96.0 Å². The topological polar surface area (TPSA) is 22.1 Å². The summed E-state index contributed by atoms with van der Waals surface area (Å²) in [6, 6.07) is 3.82. The van der Waals surface area contributed by atoms with Crippen molar-refractivity contribution in [3.8, 4) is 5.75 Å². The smallest absolute Gasteiger partial charge is 0.130 e. The van der Waals surface area contributed by atoms with Gasteiger partial charge in [0.25, 0.3) is 0 Å². The minimum absolute atomic E-state index is 0.829. The van der Waals surface area contributed by atoms with Crippen molar-refractivity contribution in [1.29, 1.82) is 0 Å². The first-order valence-electron chi connectivity index (χ1n) is 5.38. The zero-order valence-electron chi connectivity index (χ0n) is 9.60. The van der Waals surface area contributed by atoms with Gasteiger partial charge in [-0.25, -0.2) is 0 Å². The van der Waals surface area contributed by atoms with Crippen molar-refractivity contribution in [2.75, 3.05) is 0 Å². The van der Waals surface area contributed by atoms with Crippen molar-refractivity contribution in [3.05, 3.63) is 59.7 Å². The molecule has 0 N–H and O–H groups in total. The molecule has 0 radical (unpaired) electrons. The van der Waals surface area contributed by atoms with Gasteiger partial charge in [-0.15, -0.1) is 0 Å². The van der Waals surface area contributed by atoms with Gasteiger partial charge in [0, 0.05) is 24.4 Å². The SMILES string of the molecule is CC1=CC=CCC(Oc2ccnc(C)c2)=C1. The maximum Gasteiger partial charge on any atom is 0.130 e. The molecule has 0 unspecified atom stereocenters. The molecule has 0 bridgehead atoms. The molecule has 0 spiro atoms. The number of aromatic nitrogens is 1. The third-order valence-electron chi connectivity index (χ3n) is 2.32. The number of nitrogens with zero attached hydrogens (tertiary/aromatic N) is 1. The van der Waals surface area contributed by atoms with Crippen molar-refractivity contribution in [3.63, 3.8) is 0 Å². The number of ether oxygens (including phenoxy) is 1. The molecular formula is C14H15NO. The lowest BCUT2D eigenvalue weighted by atomic mass is 10.2. The van der Waals surface area contributed by atoms with Crippen molar-refractivity contribution in [1.82, 2.24) is 4.98 Å². The second-order valence-corrected chi connectivity index (χ2v) is 3.89. The average molecular weight is 213 g/mol. The Morgan fingerprint density at radius 2 is 2.19 bits per heavy atom. The van der Waals surface area contributed by atoms with E-state index in [0.717, 1.165) is 23.6 Å². The fourth-order valence-electron chi connectivity index (χ4n) is 1.57. The van der Waals surface area contributed by atoms with Crippen molar-refractivity contribution in [2.24, 2.45) is 0 Å². The number of rotatable bonds is 2. The number of pyridine rings is 1. The molecule has 2 nitrogen and oxygen atoms in total. The number of allylic oxidation sites excluding steroid dienone is 5. The van der Waals surface area contributed by atoms with Gasteiger partial charge in [0.05, 0.1) is 0 Å². The molecule has 0 fully saturated rings. The van der Waals surface area contributed by atoms with Crippen LogP contribution in [0.5, 0.6) is 5.75 Å². The van der Waals surface area contributed by atoms with Crippen LogP contribution in [0.2, 0.25) is 0 Å². The van der Waals surface area contributed by atoms with E-state index in [1.807, 2.05) is 19.1 Å². The first kappa shape index (κ1) is 10.7. The van der Waals surface area contributed by atoms with Crippen LogP contribution in [0.15, 0.2) is 54.0 Å². The van der Waals surface area contributed by atoms with Gasteiger partial charge in [-0.05, 0) is 31.6 Å². The largest absolute Gasteiger partial charge is 0.461 e. The van der Waals surface area contributed by atoms with Crippen LogP contribution in [0.3, 0.4) is 0 Å². The molecule has 0 aliphatic heterocycles.